The summed E-state index contributed by atoms with van der Waals surface area (Å²) in [5.74, 6) is -0.522. The van der Waals surface area contributed by atoms with Crippen LogP contribution in [0.15, 0.2) is 48.5 Å². The maximum Gasteiger partial charge on any atom is 0.321 e. The van der Waals surface area contributed by atoms with Crippen molar-refractivity contribution < 1.29 is 19.1 Å². The van der Waals surface area contributed by atoms with E-state index in [1.54, 1.807) is 24.3 Å². The number of carbonyl (C=O) groups is 2. The molecule has 1 saturated carbocycles. The zero-order valence-corrected chi connectivity index (χ0v) is 25.8. The fourth-order valence-corrected chi connectivity index (χ4v) is 7.83. The molecule has 8 nitrogen and oxygen atoms in total. The third kappa shape index (κ3) is 7.77. The molecular formula is C35H46FN5O3. The number of hydrogen-bond donors (Lipinski definition) is 2. The SMILES string of the molecule is CCN(C(=O)NCc1ccc(C#N)cc1)C1CCN(CC2CN(C(C(=O)O)C3CCCCC3)CC2c2cccc(F)c2)CC1. The van der Waals surface area contributed by atoms with E-state index in [1.165, 1.54) is 12.5 Å². The number of carboxylic acids is 1. The lowest BCUT2D eigenvalue weighted by molar-refractivity contribution is -0.145. The van der Waals surface area contributed by atoms with Crippen molar-refractivity contribution in [3.8, 4) is 6.07 Å². The standard InChI is InChI=1S/C35H46FN5O3/c1-2-41(35(44)38-21-26-13-11-25(20-37)12-14-26)31-15-17-39(18-16-31)22-29-23-40(24-32(29)28-9-6-10-30(36)19-28)33(34(42)43)27-7-4-3-5-8-27/h6,9-14,19,27,29,31-33H,2-5,7-8,15-18,21-24H2,1H3,(H,38,44)(H,42,43). The van der Waals surface area contributed by atoms with Gasteiger partial charge in [-0.2, -0.15) is 5.26 Å². The first-order chi connectivity index (χ1) is 21.4. The number of nitriles is 1. The molecular weight excluding hydrogens is 557 g/mol. The molecule has 1 aliphatic carbocycles. The highest BCUT2D eigenvalue weighted by atomic mass is 19.1. The lowest BCUT2D eigenvalue weighted by Gasteiger charge is -2.39. The molecule has 3 aliphatic rings. The summed E-state index contributed by atoms with van der Waals surface area (Å²) < 4.78 is 14.3. The summed E-state index contributed by atoms with van der Waals surface area (Å²) in [5, 5.41) is 22.4. The highest BCUT2D eigenvalue weighted by molar-refractivity contribution is 5.74. The van der Waals surface area contributed by atoms with E-state index in [9.17, 15) is 19.1 Å². The average molecular weight is 604 g/mol. The van der Waals surface area contributed by atoms with Gasteiger partial charge < -0.3 is 20.2 Å². The Kier molecular flexibility index (Phi) is 10.9. The molecule has 2 aromatic rings. The molecule has 9 heteroatoms. The van der Waals surface area contributed by atoms with Gasteiger partial charge in [-0.3, -0.25) is 9.69 Å². The molecule has 3 unspecified atom stereocenters. The number of piperidine rings is 1. The summed E-state index contributed by atoms with van der Waals surface area (Å²) >= 11 is 0. The Balaban J connectivity index is 1.20. The maximum atomic E-state index is 14.3. The number of likely N-dealkylation sites (tertiary alicyclic amines) is 2. The van der Waals surface area contributed by atoms with Crippen molar-refractivity contribution in [2.75, 3.05) is 39.3 Å². The molecule has 3 atom stereocenters. The Hall–Kier alpha value is -3.48. The lowest BCUT2D eigenvalue weighted by Crippen LogP contribution is -2.51. The molecule has 2 aliphatic heterocycles. The van der Waals surface area contributed by atoms with Crippen LogP contribution in [0.3, 0.4) is 0 Å². The number of rotatable bonds is 10. The first-order valence-corrected chi connectivity index (χ1v) is 16.3. The zero-order chi connectivity index (χ0) is 31.1. The number of halogens is 1. The van der Waals surface area contributed by atoms with Crippen molar-refractivity contribution in [3.63, 3.8) is 0 Å². The van der Waals surface area contributed by atoms with Gasteiger partial charge in [0.25, 0.3) is 0 Å². The molecule has 0 spiro atoms. The molecule has 0 radical (unpaired) electrons. The van der Waals surface area contributed by atoms with E-state index in [0.717, 1.165) is 69.3 Å². The minimum atomic E-state index is -0.728. The minimum absolute atomic E-state index is 0.0738. The topological polar surface area (TPSA) is 99.9 Å². The van der Waals surface area contributed by atoms with E-state index in [4.69, 9.17) is 5.26 Å². The molecule has 2 amide bonds. The van der Waals surface area contributed by atoms with Crippen LogP contribution in [0.1, 0.15) is 74.5 Å². The van der Waals surface area contributed by atoms with Crippen molar-refractivity contribution in [2.24, 2.45) is 11.8 Å². The van der Waals surface area contributed by atoms with Gasteiger partial charge in [0, 0.05) is 57.8 Å². The molecule has 5 rings (SSSR count). The highest BCUT2D eigenvalue weighted by Crippen LogP contribution is 2.39. The van der Waals surface area contributed by atoms with Crippen molar-refractivity contribution in [3.05, 3.63) is 71.0 Å². The molecule has 2 aromatic carbocycles. The molecule has 236 valence electrons. The third-order valence-corrected chi connectivity index (χ3v) is 10.1. The number of carboxylic acid groups (broad SMARTS) is 1. The summed E-state index contributed by atoms with van der Waals surface area (Å²) in [7, 11) is 0. The number of hydrogen-bond acceptors (Lipinski definition) is 5. The maximum absolute atomic E-state index is 14.3. The van der Waals surface area contributed by atoms with E-state index in [2.05, 4.69) is 21.2 Å². The number of urea groups is 1. The van der Waals surface area contributed by atoms with Gasteiger partial charge in [-0.15, -0.1) is 0 Å². The Morgan fingerprint density at radius 1 is 1.07 bits per heavy atom. The number of benzene rings is 2. The second-order valence-corrected chi connectivity index (χ2v) is 12.8. The Labute approximate surface area is 260 Å². The van der Waals surface area contributed by atoms with Crippen LogP contribution < -0.4 is 5.32 Å². The van der Waals surface area contributed by atoms with Crippen LogP contribution in [0.25, 0.3) is 0 Å². The van der Waals surface area contributed by atoms with Gasteiger partial charge in [-0.1, -0.05) is 43.5 Å². The highest BCUT2D eigenvalue weighted by Gasteiger charge is 2.43. The summed E-state index contributed by atoms with van der Waals surface area (Å²) in [6.45, 7) is 6.95. The monoisotopic (exact) mass is 603 g/mol. The zero-order valence-electron chi connectivity index (χ0n) is 25.8. The smallest absolute Gasteiger partial charge is 0.321 e. The van der Waals surface area contributed by atoms with E-state index in [-0.39, 0.29) is 35.6 Å². The minimum Gasteiger partial charge on any atom is -0.480 e. The first kappa shape index (κ1) is 31.9. The Bertz CT molecular complexity index is 1300. The molecule has 0 bridgehead atoms. The fourth-order valence-electron chi connectivity index (χ4n) is 7.83. The van der Waals surface area contributed by atoms with Crippen LogP contribution in [-0.2, 0) is 11.3 Å². The predicted octanol–water partition coefficient (Wildman–Crippen LogP) is 5.44. The number of aliphatic carboxylic acids is 1. The number of nitrogens with one attached hydrogen (secondary N) is 1. The number of nitrogens with zero attached hydrogens (tertiary/aromatic N) is 4. The van der Waals surface area contributed by atoms with Crippen LogP contribution in [0.2, 0.25) is 0 Å². The largest absolute Gasteiger partial charge is 0.480 e. The molecule has 2 heterocycles. The van der Waals surface area contributed by atoms with Gasteiger partial charge in [0.2, 0.25) is 0 Å². The van der Waals surface area contributed by atoms with E-state index in [1.807, 2.05) is 30.0 Å². The van der Waals surface area contributed by atoms with Gasteiger partial charge in [0.05, 0.1) is 11.6 Å². The summed E-state index contributed by atoms with van der Waals surface area (Å²) in [6.07, 6.45) is 7.04. The summed E-state index contributed by atoms with van der Waals surface area (Å²) in [4.78, 5) is 32.2. The number of amides is 2. The average Bonchev–Trinajstić information content (AvgIpc) is 3.44. The van der Waals surface area contributed by atoms with Crippen molar-refractivity contribution >= 4 is 12.0 Å². The Morgan fingerprint density at radius 2 is 1.80 bits per heavy atom. The molecule has 3 fully saturated rings. The second kappa shape index (κ2) is 15.0. The van der Waals surface area contributed by atoms with Crippen LogP contribution in [-0.4, -0.2) is 83.2 Å². The predicted molar refractivity (Wildman–Crippen MR) is 167 cm³/mol. The molecule has 0 aromatic heterocycles. The normalized spacial score (nSPS) is 22.8. The lowest BCUT2D eigenvalue weighted by atomic mass is 9.83. The van der Waals surface area contributed by atoms with E-state index >= 15 is 0 Å². The Morgan fingerprint density at radius 3 is 2.43 bits per heavy atom. The van der Waals surface area contributed by atoms with Crippen molar-refractivity contribution in [1.29, 1.82) is 5.26 Å². The van der Waals surface area contributed by atoms with Gasteiger partial charge in [-0.25, -0.2) is 9.18 Å². The van der Waals surface area contributed by atoms with Crippen molar-refractivity contribution in [2.45, 2.75) is 76.4 Å². The summed E-state index contributed by atoms with van der Waals surface area (Å²) in [6, 6.07) is 15.8. The fraction of sp³-hybridized carbons (Fsp3) is 0.571. The van der Waals surface area contributed by atoms with Crippen LogP contribution in [0.5, 0.6) is 0 Å². The van der Waals surface area contributed by atoms with Gasteiger partial charge in [-0.05, 0) is 79.8 Å². The molecule has 2 N–H and O–H groups in total. The summed E-state index contributed by atoms with van der Waals surface area (Å²) in [5.41, 5.74) is 2.51. The van der Waals surface area contributed by atoms with E-state index < -0.39 is 12.0 Å². The first-order valence-electron chi connectivity index (χ1n) is 16.3. The van der Waals surface area contributed by atoms with Gasteiger partial charge in [0.15, 0.2) is 0 Å². The van der Waals surface area contributed by atoms with Crippen LogP contribution in [0, 0.1) is 29.0 Å². The molecule has 44 heavy (non-hydrogen) atoms. The number of carbonyl (C=O) groups excluding carboxylic acids is 1. The van der Waals surface area contributed by atoms with Gasteiger partial charge >= 0.3 is 12.0 Å². The van der Waals surface area contributed by atoms with E-state index in [0.29, 0.717) is 31.7 Å². The van der Waals surface area contributed by atoms with Crippen LogP contribution in [0.4, 0.5) is 9.18 Å². The van der Waals surface area contributed by atoms with Crippen molar-refractivity contribution in [1.82, 2.24) is 20.0 Å². The van der Waals surface area contributed by atoms with Gasteiger partial charge in [0.1, 0.15) is 11.9 Å². The second-order valence-electron chi connectivity index (χ2n) is 12.8. The quantitative estimate of drug-likeness (QED) is 0.375. The third-order valence-electron chi connectivity index (χ3n) is 10.1. The van der Waals surface area contributed by atoms with Crippen LogP contribution >= 0.6 is 0 Å². The molecule has 2 saturated heterocycles.